The zero-order chi connectivity index (χ0) is 44.7. The van der Waals surface area contributed by atoms with E-state index < -0.39 is 53.0 Å². The lowest BCUT2D eigenvalue weighted by Gasteiger charge is -2.21. The third-order valence-corrected chi connectivity index (χ3v) is 9.41. The molecule has 6 rings (SSSR count). The molecule has 2 atom stereocenters. The number of carbonyl (C=O) groups excluding carboxylic acids is 4. The highest BCUT2D eigenvalue weighted by Gasteiger charge is 2.28. The zero-order valence-electron chi connectivity index (χ0n) is 36.1. The number of pyridine rings is 1. The van der Waals surface area contributed by atoms with Crippen LogP contribution in [0.15, 0.2) is 63.9 Å². The number of nitrogens with zero attached hydrogens (tertiary/aromatic N) is 1. The molecule has 0 fully saturated rings. The second kappa shape index (κ2) is 16.6. The molecule has 0 radical (unpaired) electrons. The van der Waals surface area contributed by atoms with Crippen LogP contribution in [0.4, 0.5) is 9.59 Å². The maximum atomic E-state index is 14.2. The highest BCUT2D eigenvalue weighted by Crippen LogP contribution is 2.46. The van der Waals surface area contributed by atoms with Crippen LogP contribution in [0.25, 0.3) is 49.3 Å². The number of esters is 2. The Morgan fingerprint density at radius 2 is 1.20 bits per heavy atom. The lowest BCUT2D eigenvalue weighted by Crippen LogP contribution is -2.43. The predicted octanol–water partition coefficient (Wildman–Crippen LogP) is 7.99. The van der Waals surface area contributed by atoms with E-state index in [-0.39, 0.29) is 28.3 Å². The molecule has 0 aliphatic rings. The highest BCUT2D eigenvalue weighted by molar-refractivity contribution is 6.22. The quantitative estimate of drug-likeness (QED) is 0.0767. The van der Waals surface area contributed by atoms with Crippen molar-refractivity contribution in [3.63, 3.8) is 0 Å². The number of alkyl carbamates (subject to hydrolysis) is 2. The van der Waals surface area contributed by atoms with Crippen molar-refractivity contribution in [3.05, 3.63) is 70.7 Å². The van der Waals surface area contributed by atoms with E-state index in [4.69, 9.17) is 37.6 Å². The topological polar surface area (TPSA) is 192 Å². The van der Waals surface area contributed by atoms with Crippen molar-refractivity contribution < 1.29 is 56.8 Å². The standard InChI is InChI=1S/C45H49N3O13/c1-22-17-28-31(21-30(22)58-40(50)24(3)47-43(53)61-45(7,8)9)59-41(51)38-36(28)35(37-27-20-34(56-12)33(55-11)18-25(27)15-16-48(37)38)26-13-14-29(32(19-26)54-10)57-39(49)23(2)46-42(52)60-44(4,5)6/h13-21,23-24H,1-12H3,(H,46,52)(H,47,53)/t23-,24-/m0/s1. The van der Waals surface area contributed by atoms with E-state index in [2.05, 4.69) is 10.6 Å². The molecule has 3 aromatic carbocycles. The molecule has 3 heterocycles. The molecule has 0 saturated carbocycles. The predicted molar refractivity (Wildman–Crippen MR) is 227 cm³/mol. The average molecular weight is 840 g/mol. The Hall–Kier alpha value is -6.97. The summed E-state index contributed by atoms with van der Waals surface area (Å²) in [5.74, 6) is -0.246. The largest absolute Gasteiger partial charge is 0.493 e. The Morgan fingerprint density at radius 1 is 0.656 bits per heavy atom. The van der Waals surface area contributed by atoms with Crippen molar-refractivity contribution in [3.8, 4) is 39.9 Å². The number of nitrogens with one attached hydrogen (secondary N) is 2. The van der Waals surface area contributed by atoms with Crippen LogP contribution in [0.5, 0.6) is 28.7 Å². The molecule has 0 aliphatic heterocycles. The minimum atomic E-state index is -1.08. The molecular weight excluding hydrogens is 791 g/mol. The second-order valence-corrected chi connectivity index (χ2v) is 16.4. The van der Waals surface area contributed by atoms with Gasteiger partial charge >= 0.3 is 29.8 Å². The molecule has 6 aromatic rings. The molecule has 3 aromatic heterocycles. The molecule has 0 spiro atoms. The van der Waals surface area contributed by atoms with Gasteiger partial charge in [0.1, 0.15) is 40.1 Å². The molecule has 2 amide bonds. The maximum Gasteiger partial charge on any atom is 0.408 e. The van der Waals surface area contributed by atoms with Gasteiger partial charge in [-0.2, -0.15) is 0 Å². The first-order valence-corrected chi connectivity index (χ1v) is 19.3. The fraction of sp³-hybridized carbons (Fsp3) is 0.356. The van der Waals surface area contributed by atoms with E-state index in [1.54, 1.807) is 83.3 Å². The molecular formula is C45H49N3O13. The first-order valence-electron chi connectivity index (χ1n) is 19.3. The lowest BCUT2D eigenvalue weighted by molar-refractivity contribution is -0.137. The van der Waals surface area contributed by atoms with Crippen LogP contribution in [0, 0.1) is 6.92 Å². The van der Waals surface area contributed by atoms with E-state index in [0.29, 0.717) is 49.9 Å². The molecule has 0 saturated heterocycles. The van der Waals surface area contributed by atoms with Crippen LogP contribution in [-0.4, -0.2) is 73.1 Å². The third-order valence-electron chi connectivity index (χ3n) is 9.41. The van der Waals surface area contributed by atoms with Crippen LogP contribution < -0.4 is 39.9 Å². The molecule has 61 heavy (non-hydrogen) atoms. The summed E-state index contributed by atoms with van der Waals surface area (Å²) >= 11 is 0. The molecule has 16 heteroatoms. The van der Waals surface area contributed by atoms with Crippen LogP contribution in [0.1, 0.15) is 61.0 Å². The van der Waals surface area contributed by atoms with Gasteiger partial charge < -0.3 is 52.6 Å². The molecule has 322 valence electrons. The Balaban J connectivity index is 1.52. The summed E-state index contributed by atoms with van der Waals surface area (Å²) in [4.78, 5) is 65.2. The van der Waals surface area contributed by atoms with Crippen LogP contribution in [0.2, 0.25) is 0 Å². The van der Waals surface area contributed by atoms with Gasteiger partial charge in [0.15, 0.2) is 23.0 Å². The summed E-state index contributed by atoms with van der Waals surface area (Å²) in [5.41, 5.74) is 0.360. The van der Waals surface area contributed by atoms with Gasteiger partial charge in [-0.05, 0) is 115 Å². The van der Waals surface area contributed by atoms with Crippen molar-refractivity contribution in [1.82, 2.24) is 15.0 Å². The first kappa shape index (κ1) is 43.6. The average Bonchev–Trinajstić information content (AvgIpc) is 3.53. The minimum absolute atomic E-state index is 0.0697. The molecule has 2 N–H and O–H groups in total. The maximum absolute atomic E-state index is 14.2. The number of methoxy groups -OCH3 is 3. The van der Waals surface area contributed by atoms with Crippen LogP contribution in [-0.2, 0) is 19.1 Å². The van der Waals surface area contributed by atoms with Gasteiger partial charge in [0.05, 0.1) is 26.8 Å². The van der Waals surface area contributed by atoms with Crippen molar-refractivity contribution in [2.45, 2.75) is 85.6 Å². The van der Waals surface area contributed by atoms with Gasteiger partial charge in [-0.3, -0.25) is 0 Å². The number of aryl methyl sites for hydroxylation is 1. The molecule has 0 bridgehead atoms. The number of hydrogen-bond acceptors (Lipinski definition) is 13. The number of carbonyl (C=O) groups is 4. The SMILES string of the molecule is COc1cc2ccn3c(c(-c4ccc(OC(=O)[C@H](C)NC(=O)OC(C)(C)C)c(OC)c4)c4c5cc(C)c(OC(=O)[C@H](C)NC(=O)OC(C)(C)C)cc5oc(=O)c43)c2cc1OC. The highest BCUT2D eigenvalue weighted by atomic mass is 16.6. The van der Waals surface area contributed by atoms with E-state index in [0.717, 1.165) is 5.39 Å². The van der Waals surface area contributed by atoms with Gasteiger partial charge in [-0.15, -0.1) is 0 Å². The Labute approximate surface area is 350 Å². The number of fused-ring (bicyclic) bond motifs is 7. The van der Waals surface area contributed by atoms with E-state index >= 15 is 0 Å². The van der Waals surface area contributed by atoms with Crippen LogP contribution in [0.3, 0.4) is 0 Å². The summed E-state index contributed by atoms with van der Waals surface area (Å²) in [6.45, 7) is 14.9. The Kier molecular flexibility index (Phi) is 11.9. The summed E-state index contributed by atoms with van der Waals surface area (Å²) in [6, 6.07) is 11.5. The normalized spacial score (nSPS) is 12.8. The monoisotopic (exact) mass is 839 g/mol. The number of hydrogen-bond donors (Lipinski definition) is 2. The van der Waals surface area contributed by atoms with E-state index in [1.165, 1.54) is 41.2 Å². The Morgan fingerprint density at radius 3 is 1.75 bits per heavy atom. The smallest absolute Gasteiger partial charge is 0.408 e. The van der Waals surface area contributed by atoms with Crippen LogP contribution >= 0.6 is 0 Å². The molecule has 0 unspecified atom stereocenters. The number of benzene rings is 3. The van der Waals surface area contributed by atoms with Crippen molar-refractivity contribution in [2.75, 3.05) is 21.3 Å². The van der Waals surface area contributed by atoms with Crippen molar-refractivity contribution in [1.29, 1.82) is 0 Å². The fourth-order valence-electron chi connectivity index (χ4n) is 6.73. The summed E-state index contributed by atoms with van der Waals surface area (Å²) in [6.07, 6.45) is 0.187. The molecule has 16 nitrogen and oxygen atoms in total. The van der Waals surface area contributed by atoms with Gasteiger partial charge in [0.2, 0.25) is 0 Å². The zero-order valence-corrected chi connectivity index (χ0v) is 36.1. The number of amides is 2. The fourth-order valence-corrected chi connectivity index (χ4v) is 6.73. The third kappa shape index (κ3) is 9.12. The first-order chi connectivity index (χ1) is 28.6. The van der Waals surface area contributed by atoms with E-state index in [9.17, 15) is 24.0 Å². The van der Waals surface area contributed by atoms with E-state index in [1.807, 2.05) is 18.2 Å². The minimum Gasteiger partial charge on any atom is -0.493 e. The van der Waals surface area contributed by atoms with Crippen molar-refractivity contribution >= 4 is 62.3 Å². The summed E-state index contributed by atoms with van der Waals surface area (Å²) < 4.78 is 46.7. The Bertz CT molecular complexity index is 2790. The van der Waals surface area contributed by atoms with Crippen molar-refractivity contribution in [2.24, 2.45) is 0 Å². The number of ether oxygens (including phenoxy) is 7. The summed E-state index contributed by atoms with van der Waals surface area (Å²) in [7, 11) is 4.48. The van der Waals surface area contributed by atoms with Gasteiger partial charge in [0, 0.05) is 34.0 Å². The molecule has 0 aliphatic carbocycles. The van der Waals surface area contributed by atoms with Gasteiger partial charge in [-0.1, -0.05) is 6.07 Å². The number of rotatable bonds is 10. The number of aromatic nitrogens is 1. The lowest BCUT2D eigenvalue weighted by atomic mass is 9.97. The second-order valence-electron chi connectivity index (χ2n) is 16.4. The van der Waals surface area contributed by atoms with Gasteiger partial charge in [-0.25, -0.2) is 24.0 Å². The van der Waals surface area contributed by atoms with Gasteiger partial charge in [0.25, 0.3) is 0 Å². The summed E-state index contributed by atoms with van der Waals surface area (Å²) in [5, 5.41) is 7.42.